The molecule has 1 aliphatic heterocycles. The first kappa shape index (κ1) is 24.0. The minimum absolute atomic E-state index is 0.0917. The van der Waals surface area contributed by atoms with Crippen molar-refractivity contribution in [1.29, 1.82) is 0 Å². The van der Waals surface area contributed by atoms with Gasteiger partial charge in [0.2, 0.25) is 0 Å². The number of hydrogen-bond acceptors (Lipinski definition) is 4. The molecule has 0 spiro atoms. The third-order valence-corrected chi connectivity index (χ3v) is 6.31. The number of pyridine rings is 1. The summed E-state index contributed by atoms with van der Waals surface area (Å²) in [5, 5.41) is 0. The lowest BCUT2D eigenvalue weighted by Crippen LogP contribution is -2.40. The first-order chi connectivity index (χ1) is 15.0. The number of nitrogens with two attached hydrogens (primary N) is 1. The van der Waals surface area contributed by atoms with Crippen LogP contribution in [0.4, 0.5) is 13.2 Å². The van der Waals surface area contributed by atoms with Gasteiger partial charge in [-0.2, -0.15) is 13.2 Å². The first-order valence-corrected chi connectivity index (χ1v) is 10.9. The van der Waals surface area contributed by atoms with Crippen LogP contribution in [0, 0.1) is 26.7 Å². The third-order valence-electron chi connectivity index (χ3n) is 6.31. The second-order valence-corrected chi connectivity index (χ2v) is 8.55. The fourth-order valence-electron chi connectivity index (χ4n) is 4.20. The number of likely N-dealkylation sites (tertiary alicyclic amines) is 1. The molecule has 2 aromatic rings. The molecule has 4 nitrogen and oxygen atoms in total. The quantitative estimate of drug-likeness (QED) is 0.603. The Kier molecular flexibility index (Phi) is 7.08. The largest absolute Gasteiger partial charge is 0.393 e. The van der Waals surface area contributed by atoms with Crippen molar-refractivity contribution < 1.29 is 13.2 Å². The topological polar surface area (TPSA) is 54.5 Å². The van der Waals surface area contributed by atoms with Crippen molar-refractivity contribution in [2.75, 3.05) is 13.1 Å². The molecule has 1 atom stereocenters. The summed E-state index contributed by atoms with van der Waals surface area (Å²) < 4.78 is 39.4. The molecule has 0 aliphatic carbocycles. The van der Waals surface area contributed by atoms with E-state index in [4.69, 9.17) is 10.7 Å². The lowest BCUT2D eigenvalue weighted by atomic mass is 9.97. The molecule has 0 radical (unpaired) electrons. The lowest BCUT2D eigenvalue weighted by molar-refractivity contribution is -0.184. The Labute approximate surface area is 188 Å². The fraction of sp³-hybridized carbons (Fsp3) is 0.440. The number of alkyl halides is 3. The van der Waals surface area contributed by atoms with Gasteiger partial charge in [-0.3, -0.25) is 4.98 Å². The summed E-state index contributed by atoms with van der Waals surface area (Å²) in [5.74, 6) is -0.968. The van der Waals surface area contributed by atoms with Gasteiger partial charge in [-0.25, -0.2) is 4.99 Å². The van der Waals surface area contributed by atoms with E-state index in [0.29, 0.717) is 31.0 Å². The van der Waals surface area contributed by atoms with Crippen molar-refractivity contribution in [2.45, 2.75) is 53.3 Å². The maximum atomic E-state index is 13.1. The van der Waals surface area contributed by atoms with Crippen LogP contribution in [0.3, 0.4) is 0 Å². The highest BCUT2D eigenvalue weighted by atomic mass is 19.4. The Hall–Kier alpha value is -2.67. The minimum atomic E-state index is -4.19. The van der Waals surface area contributed by atoms with Crippen LogP contribution in [-0.4, -0.2) is 34.9 Å². The molecule has 1 fully saturated rings. The zero-order valence-corrected chi connectivity index (χ0v) is 19.2. The summed E-state index contributed by atoms with van der Waals surface area (Å²) in [6, 6.07) is 8.07. The summed E-state index contributed by atoms with van der Waals surface area (Å²) in [4.78, 5) is 10.9. The van der Waals surface area contributed by atoms with Crippen LogP contribution in [0.25, 0.3) is 11.3 Å². The van der Waals surface area contributed by atoms with Crippen LogP contribution >= 0.6 is 0 Å². The molecule has 2 N–H and O–H groups in total. The number of halogens is 3. The van der Waals surface area contributed by atoms with Crippen LogP contribution in [-0.2, 0) is 6.54 Å². The molecule has 7 heteroatoms. The van der Waals surface area contributed by atoms with Crippen molar-refractivity contribution in [3.05, 3.63) is 64.6 Å². The van der Waals surface area contributed by atoms with Crippen LogP contribution in [0.1, 0.15) is 47.7 Å². The average molecular weight is 445 g/mol. The Morgan fingerprint density at radius 1 is 1.25 bits per heavy atom. The van der Waals surface area contributed by atoms with E-state index in [1.54, 1.807) is 4.90 Å². The summed E-state index contributed by atoms with van der Waals surface area (Å²) in [7, 11) is 0. The molecule has 1 aromatic carbocycles. The highest BCUT2D eigenvalue weighted by Crippen LogP contribution is 2.34. The van der Waals surface area contributed by atoms with Gasteiger partial charge < -0.3 is 10.6 Å². The van der Waals surface area contributed by atoms with Crippen molar-refractivity contribution in [3.8, 4) is 11.3 Å². The molecule has 172 valence electrons. The zero-order chi connectivity index (χ0) is 23.6. The van der Waals surface area contributed by atoms with Crippen LogP contribution in [0.2, 0.25) is 0 Å². The average Bonchev–Trinajstić information content (AvgIpc) is 2.74. The monoisotopic (exact) mass is 444 g/mol. The standard InChI is InChI=1S/C25H31F3N4/c1-15-11-20(12-21(13-29)16(15)2)24-9-8-23(18(4)31-24)17(3)30-19(5)32-10-6-7-22(14-32)25(26,27)28/h8-9,11-12,22H,5-7,10,13-14,29H2,1-4H3. The van der Waals surface area contributed by atoms with Crippen molar-refractivity contribution in [2.24, 2.45) is 16.6 Å². The summed E-state index contributed by atoms with van der Waals surface area (Å²) in [6.45, 7) is 12.7. The number of hydrogen-bond donors (Lipinski definition) is 1. The van der Waals surface area contributed by atoms with Crippen LogP contribution in [0.15, 0.2) is 41.7 Å². The number of aromatic nitrogens is 1. The van der Waals surface area contributed by atoms with Gasteiger partial charge in [0.05, 0.1) is 11.6 Å². The molecule has 3 rings (SSSR count). The molecule has 0 bridgehead atoms. The van der Waals surface area contributed by atoms with Crippen LogP contribution in [0.5, 0.6) is 0 Å². The van der Waals surface area contributed by atoms with E-state index < -0.39 is 12.1 Å². The number of nitrogens with zero attached hydrogens (tertiary/aromatic N) is 3. The fourth-order valence-corrected chi connectivity index (χ4v) is 4.20. The number of piperidine rings is 1. The molecular formula is C25H31F3N4. The Bertz CT molecular complexity index is 1040. The molecule has 1 aliphatic rings. The lowest BCUT2D eigenvalue weighted by Gasteiger charge is -2.35. The molecule has 32 heavy (non-hydrogen) atoms. The smallest absolute Gasteiger partial charge is 0.356 e. The van der Waals surface area contributed by atoms with Gasteiger partial charge in [0, 0.05) is 42.2 Å². The van der Waals surface area contributed by atoms with E-state index in [1.807, 2.05) is 26.0 Å². The molecule has 0 amide bonds. The van der Waals surface area contributed by atoms with Crippen molar-refractivity contribution in [3.63, 3.8) is 0 Å². The maximum absolute atomic E-state index is 13.1. The van der Waals surface area contributed by atoms with Gasteiger partial charge in [-0.1, -0.05) is 6.58 Å². The van der Waals surface area contributed by atoms with Crippen molar-refractivity contribution >= 4 is 5.71 Å². The van der Waals surface area contributed by atoms with Gasteiger partial charge in [-0.15, -0.1) is 0 Å². The molecule has 1 saturated heterocycles. The van der Waals surface area contributed by atoms with Crippen molar-refractivity contribution in [1.82, 2.24) is 9.88 Å². The van der Waals surface area contributed by atoms with E-state index in [9.17, 15) is 13.2 Å². The predicted molar refractivity (Wildman–Crippen MR) is 123 cm³/mol. The Morgan fingerprint density at radius 3 is 2.59 bits per heavy atom. The normalized spacial score (nSPS) is 17.6. The number of aliphatic imine (C=N–C) groups is 1. The van der Waals surface area contributed by atoms with Gasteiger partial charge in [-0.05, 0) is 81.5 Å². The van der Waals surface area contributed by atoms with E-state index in [-0.39, 0.29) is 13.0 Å². The summed E-state index contributed by atoms with van der Waals surface area (Å²) in [6.07, 6.45) is -3.55. The SMILES string of the molecule is C=C(N=C(C)c1ccc(-c2cc(C)c(C)c(CN)c2)nc1C)N1CCCC(C(F)(F)F)C1. The molecule has 1 unspecified atom stereocenters. The molecular weight excluding hydrogens is 413 g/mol. The van der Waals surface area contributed by atoms with E-state index in [2.05, 4.69) is 37.6 Å². The summed E-state index contributed by atoms with van der Waals surface area (Å²) >= 11 is 0. The highest BCUT2D eigenvalue weighted by Gasteiger charge is 2.42. The second kappa shape index (κ2) is 9.45. The van der Waals surface area contributed by atoms with Gasteiger partial charge in [0.1, 0.15) is 5.82 Å². The Morgan fingerprint density at radius 2 is 1.97 bits per heavy atom. The van der Waals surface area contributed by atoms with E-state index >= 15 is 0 Å². The maximum Gasteiger partial charge on any atom is 0.393 e. The molecule has 2 heterocycles. The zero-order valence-electron chi connectivity index (χ0n) is 19.2. The van der Waals surface area contributed by atoms with E-state index in [0.717, 1.165) is 28.1 Å². The highest BCUT2D eigenvalue weighted by molar-refractivity contribution is 6.00. The number of rotatable bonds is 5. The second-order valence-electron chi connectivity index (χ2n) is 8.55. The minimum Gasteiger partial charge on any atom is -0.356 e. The Balaban J connectivity index is 1.82. The van der Waals surface area contributed by atoms with Gasteiger partial charge >= 0.3 is 6.18 Å². The number of aryl methyl sites for hydroxylation is 2. The third kappa shape index (κ3) is 5.21. The number of benzene rings is 1. The van der Waals surface area contributed by atoms with Gasteiger partial charge in [0.15, 0.2) is 0 Å². The van der Waals surface area contributed by atoms with Gasteiger partial charge in [0.25, 0.3) is 0 Å². The molecule has 0 saturated carbocycles. The van der Waals surface area contributed by atoms with E-state index in [1.165, 1.54) is 11.1 Å². The molecule has 1 aromatic heterocycles. The summed E-state index contributed by atoms with van der Waals surface area (Å²) in [5.41, 5.74) is 13.5. The van der Waals surface area contributed by atoms with Crippen LogP contribution < -0.4 is 5.73 Å². The first-order valence-electron chi connectivity index (χ1n) is 10.9. The predicted octanol–water partition coefficient (Wildman–Crippen LogP) is 5.69.